The molecule has 0 atom stereocenters. The van der Waals surface area contributed by atoms with Gasteiger partial charge in [-0.05, 0) is 37.3 Å². The first-order chi connectivity index (χ1) is 12.8. The van der Waals surface area contributed by atoms with Crippen molar-refractivity contribution in [2.45, 2.75) is 11.8 Å². The lowest BCUT2D eigenvalue weighted by Gasteiger charge is -2.17. The Bertz CT molecular complexity index is 1260. The van der Waals surface area contributed by atoms with Crippen molar-refractivity contribution in [1.29, 1.82) is 0 Å². The molecule has 7 heteroatoms. The fourth-order valence-electron chi connectivity index (χ4n) is 3.21. The number of sulfonamides is 1. The molecule has 3 aromatic carbocycles. The number of benzene rings is 3. The van der Waals surface area contributed by atoms with Crippen LogP contribution in [0.2, 0.25) is 0 Å². The highest BCUT2D eigenvalue weighted by atomic mass is 32.2. The molecule has 4 rings (SSSR count). The zero-order chi connectivity index (χ0) is 19.2. The van der Waals surface area contributed by atoms with Gasteiger partial charge in [-0.15, -0.1) is 11.3 Å². The Morgan fingerprint density at radius 3 is 2.52 bits per heavy atom. The summed E-state index contributed by atoms with van der Waals surface area (Å²) in [6, 6.07) is 16.5. The molecule has 0 saturated heterocycles. The van der Waals surface area contributed by atoms with Crippen LogP contribution in [0.5, 0.6) is 0 Å². The van der Waals surface area contributed by atoms with Crippen LogP contribution in [0.25, 0.3) is 21.0 Å². The van der Waals surface area contributed by atoms with Crippen molar-refractivity contribution in [3.05, 3.63) is 59.6 Å². The van der Waals surface area contributed by atoms with E-state index in [0.717, 1.165) is 26.3 Å². The van der Waals surface area contributed by atoms with Gasteiger partial charge in [0.2, 0.25) is 0 Å². The van der Waals surface area contributed by atoms with E-state index in [1.54, 1.807) is 35.6 Å². The Morgan fingerprint density at radius 1 is 1.00 bits per heavy atom. The molecule has 0 radical (unpaired) electrons. The Kier molecular flexibility index (Phi) is 4.28. The number of aromatic nitrogens is 1. The number of fused-ring (bicyclic) bond motifs is 2. The Balaban J connectivity index is 1.80. The summed E-state index contributed by atoms with van der Waals surface area (Å²) in [5.41, 5.74) is 2.28. The fourth-order valence-corrected chi connectivity index (χ4v) is 5.29. The number of rotatable bonds is 4. The van der Waals surface area contributed by atoms with Gasteiger partial charge in [0, 0.05) is 30.6 Å². The summed E-state index contributed by atoms with van der Waals surface area (Å²) in [5, 5.41) is 2.55. The van der Waals surface area contributed by atoms with Crippen LogP contribution in [0, 0.1) is 6.92 Å². The van der Waals surface area contributed by atoms with Gasteiger partial charge in [-0.25, -0.2) is 13.4 Å². The SMILES string of the molecule is Cc1nc2cc(NS(=O)(=O)c3cccc4c(N(C)C)cccc34)ccc2s1. The van der Waals surface area contributed by atoms with E-state index in [2.05, 4.69) is 9.71 Å². The molecule has 1 N–H and O–H groups in total. The maximum Gasteiger partial charge on any atom is 0.262 e. The van der Waals surface area contributed by atoms with E-state index in [-0.39, 0.29) is 4.90 Å². The van der Waals surface area contributed by atoms with Crippen LogP contribution in [0.15, 0.2) is 59.5 Å². The van der Waals surface area contributed by atoms with Crippen molar-refractivity contribution in [3.63, 3.8) is 0 Å². The van der Waals surface area contributed by atoms with E-state index in [1.165, 1.54) is 0 Å². The number of nitrogens with one attached hydrogen (secondary N) is 1. The van der Waals surface area contributed by atoms with Gasteiger partial charge >= 0.3 is 0 Å². The molecule has 0 amide bonds. The molecule has 0 bridgehead atoms. The minimum atomic E-state index is -3.74. The minimum absolute atomic E-state index is 0.262. The number of nitrogens with zero attached hydrogens (tertiary/aromatic N) is 2. The summed E-state index contributed by atoms with van der Waals surface area (Å²) in [7, 11) is 0.150. The van der Waals surface area contributed by atoms with Crippen LogP contribution < -0.4 is 9.62 Å². The van der Waals surface area contributed by atoms with Gasteiger partial charge in [0.05, 0.1) is 25.8 Å². The average Bonchev–Trinajstić information content (AvgIpc) is 2.99. The number of hydrogen-bond acceptors (Lipinski definition) is 5. The van der Waals surface area contributed by atoms with E-state index < -0.39 is 10.0 Å². The molecule has 5 nitrogen and oxygen atoms in total. The highest BCUT2D eigenvalue weighted by Gasteiger charge is 2.19. The van der Waals surface area contributed by atoms with Crippen molar-refractivity contribution in [2.75, 3.05) is 23.7 Å². The molecule has 0 aliphatic heterocycles. The van der Waals surface area contributed by atoms with Gasteiger partial charge in [0.1, 0.15) is 0 Å². The summed E-state index contributed by atoms with van der Waals surface area (Å²) in [4.78, 5) is 6.67. The van der Waals surface area contributed by atoms with Gasteiger partial charge < -0.3 is 4.90 Å². The van der Waals surface area contributed by atoms with E-state index in [9.17, 15) is 8.42 Å². The number of anilines is 2. The molecule has 138 valence electrons. The molecule has 27 heavy (non-hydrogen) atoms. The second-order valence-corrected chi connectivity index (χ2v) is 9.43. The number of thiazole rings is 1. The summed E-state index contributed by atoms with van der Waals surface area (Å²) < 4.78 is 29.9. The van der Waals surface area contributed by atoms with Gasteiger partial charge in [-0.1, -0.05) is 24.3 Å². The summed E-state index contributed by atoms with van der Waals surface area (Å²) in [6.07, 6.45) is 0. The third-order valence-corrected chi connectivity index (χ3v) is 6.77. The Morgan fingerprint density at radius 2 is 1.74 bits per heavy atom. The molecule has 1 aromatic heterocycles. The largest absolute Gasteiger partial charge is 0.377 e. The van der Waals surface area contributed by atoms with Crippen molar-refractivity contribution in [1.82, 2.24) is 4.98 Å². The quantitative estimate of drug-likeness (QED) is 0.546. The first-order valence-corrected chi connectivity index (χ1v) is 10.7. The normalized spacial score (nSPS) is 11.8. The van der Waals surface area contributed by atoms with Crippen LogP contribution in [-0.2, 0) is 10.0 Å². The lowest BCUT2D eigenvalue weighted by atomic mass is 10.1. The monoisotopic (exact) mass is 397 g/mol. The van der Waals surface area contributed by atoms with Gasteiger partial charge in [0.25, 0.3) is 10.0 Å². The second-order valence-electron chi connectivity index (χ2n) is 6.54. The van der Waals surface area contributed by atoms with Crippen LogP contribution in [0.1, 0.15) is 5.01 Å². The molecular formula is C20H19N3O2S2. The fraction of sp³-hybridized carbons (Fsp3) is 0.150. The Labute approximate surface area is 162 Å². The minimum Gasteiger partial charge on any atom is -0.377 e. The maximum absolute atomic E-state index is 13.1. The standard InChI is InChI=1S/C20H19N3O2S2/c1-13-21-17-12-14(10-11-19(17)26-13)22-27(24,25)20-9-5-6-15-16(20)7-4-8-18(15)23(2)3/h4-12,22H,1-3H3. The lowest BCUT2D eigenvalue weighted by Crippen LogP contribution is -2.14. The smallest absolute Gasteiger partial charge is 0.262 e. The van der Waals surface area contributed by atoms with Gasteiger partial charge in [-0.2, -0.15) is 0 Å². The third-order valence-electron chi connectivity index (χ3n) is 4.38. The van der Waals surface area contributed by atoms with Crippen LogP contribution in [0.4, 0.5) is 11.4 Å². The van der Waals surface area contributed by atoms with Crippen LogP contribution in [-0.4, -0.2) is 27.5 Å². The molecule has 0 aliphatic carbocycles. The average molecular weight is 398 g/mol. The molecule has 0 saturated carbocycles. The predicted molar refractivity (Wildman–Crippen MR) is 113 cm³/mol. The number of aryl methyl sites for hydroxylation is 1. The third kappa shape index (κ3) is 3.24. The molecule has 0 unspecified atom stereocenters. The zero-order valence-electron chi connectivity index (χ0n) is 15.2. The first-order valence-electron chi connectivity index (χ1n) is 8.44. The van der Waals surface area contributed by atoms with Crippen LogP contribution >= 0.6 is 11.3 Å². The number of hydrogen-bond donors (Lipinski definition) is 1. The molecule has 0 spiro atoms. The molecule has 1 heterocycles. The van der Waals surface area contributed by atoms with Crippen molar-refractivity contribution < 1.29 is 8.42 Å². The van der Waals surface area contributed by atoms with E-state index in [1.807, 2.05) is 56.3 Å². The van der Waals surface area contributed by atoms with E-state index >= 15 is 0 Å². The van der Waals surface area contributed by atoms with Crippen molar-refractivity contribution in [2.24, 2.45) is 0 Å². The van der Waals surface area contributed by atoms with E-state index in [0.29, 0.717) is 11.1 Å². The summed E-state index contributed by atoms with van der Waals surface area (Å²) in [5.74, 6) is 0. The highest BCUT2D eigenvalue weighted by Crippen LogP contribution is 2.32. The van der Waals surface area contributed by atoms with Crippen molar-refractivity contribution in [3.8, 4) is 0 Å². The maximum atomic E-state index is 13.1. The van der Waals surface area contributed by atoms with Crippen molar-refractivity contribution >= 4 is 53.7 Å². The topological polar surface area (TPSA) is 62.3 Å². The molecule has 4 aromatic rings. The Hall–Kier alpha value is -2.64. The van der Waals surface area contributed by atoms with E-state index in [4.69, 9.17) is 0 Å². The molecular weight excluding hydrogens is 378 g/mol. The molecule has 0 aliphatic rings. The zero-order valence-corrected chi connectivity index (χ0v) is 16.9. The second kappa shape index (κ2) is 6.51. The van der Waals surface area contributed by atoms with Gasteiger partial charge in [0.15, 0.2) is 0 Å². The summed E-state index contributed by atoms with van der Waals surface area (Å²) in [6.45, 7) is 1.94. The van der Waals surface area contributed by atoms with Gasteiger partial charge in [-0.3, -0.25) is 4.72 Å². The van der Waals surface area contributed by atoms with Crippen LogP contribution in [0.3, 0.4) is 0 Å². The molecule has 0 fully saturated rings. The first kappa shape index (κ1) is 17.8. The predicted octanol–water partition coefficient (Wildman–Crippen LogP) is 4.62. The lowest BCUT2D eigenvalue weighted by molar-refractivity contribution is 0.602. The summed E-state index contributed by atoms with van der Waals surface area (Å²) >= 11 is 1.59. The highest BCUT2D eigenvalue weighted by molar-refractivity contribution is 7.93.